The van der Waals surface area contributed by atoms with Crippen LogP contribution in [0.1, 0.15) is 19.4 Å². The van der Waals surface area contributed by atoms with Crippen molar-refractivity contribution in [3.05, 3.63) is 35.4 Å². The third kappa shape index (κ3) is 2.79. The van der Waals surface area contributed by atoms with Gasteiger partial charge in [0, 0.05) is 11.5 Å². The number of amides is 1. The molecule has 0 aromatic heterocycles. The van der Waals surface area contributed by atoms with Gasteiger partial charge in [0.25, 0.3) is 5.91 Å². The van der Waals surface area contributed by atoms with E-state index in [4.69, 9.17) is 10.1 Å². The van der Waals surface area contributed by atoms with Gasteiger partial charge in [0.2, 0.25) is 5.17 Å². The first-order valence-corrected chi connectivity index (χ1v) is 7.96. The van der Waals surface area contributed by atoms with Crippen LogP contribution >= 0.6 is 11.8 Å². The summed E-state index contributed by atoms with van der Waals surface area (Å²) in [5, 5.41) is 15.4. The Morgan fingerprint density at radius 1 is 1.35 bits per heavy atom. The molecule has 118 valence electrons. The van der Waals surface area contributed by atoms with Crippen molar-refractivity contribution in [2.24, 2.45) is 16.0 Å². The number of nitrogens with one attached hydrogen (secondary N) is 1. The molecule has 1 aromatic carbocycles. The molecule has 0 bridgehead atoms. The Bertz CT molecular complexity index is 780. The molecule has 0 spiro atoms. The number of carbonyl (C=O) groups is 1. The van der Waals surface area contributed by atoms with Gasteiger partial charge in [-0.25, -0.2) is 0 Å². The van der Waals surface area contributed by atoms with Crippen LogP contribution < -0.4 is 4.74 Å². The topological polar surface area (TPSA) is 78.1 Å². The summed E-state index contributed by atoms with van der Waals surface area (Å²) < 4.78 is 5.29. The second kappa shape index (κ2) is 6.00. The highest BCUT2D eigenvalue weighted by Gasteiger charge is 2.36. The average Bonchev–Trinajstić information content (AvgIpc) is 2.96. The lowest BCUT2D eigenvalue weighted by Crippen LogP contribution is -2.35. The monoisotopic (exact) mass is 328 g/mol. The summed E-state index contributed by atoms with van der Waals surface area (Å²) in [7, 11) is 1.57. The molecular weight excluding hydrogens is 312 g/mol. The summed E-state index contributed by atoms with van der Waals surface area (Å²) in [6.07, 6.45) is 1.62. The van der Waals surface area contributed by atoms with E-state index in [2.05, 4.69) is 10.1 Å². The van der Waals surface area contributed by atoms with E-state index in [0.717, 1.165) is 10.6 Å². The maximum atomic E-state index is 12.3. The lowest BCUT2D eigenvalue weighted by molar-refractivity contribution is -0.114. The molecule has 2 heterocycles. The largest absolute Gasteiger partial charge is 0.496 e. The number of aliphatic imine (C=N–C) groups is 1. The number of nitrogens with zero attached hydrogens (tertiary/aromatic N) is 3. The Morgan fingerprint density at radius 2 is 2.09 bits per heavy atom. The first-order valence-electron chi connectivity index (χ1n) is 7.14. The van der Waals surface area contributed by atoms with Gasteiger partial charge >= 0.3 is 0 Å². The van der Waals surface area contributed by atoms with Gasteiger partial charge in [-0.1, -0.05) is 32.0 Å². The Hall–Kier alpha value is -2.41. The number of hydrogen-bond acceptors (Lipinski definition) is 5. The summed E-state index contributed by atoms with van der Waals surface area (Å²) >= 11 is 1.34. The molecule has 1 N–H and O–H groups in total. The average molecular weight is 328 g/mol. The van der Waals surface area contributed by atoms with E-state index >= 15 is 0 Å². The zero-order chi connectivity index (χ0) is 16.6. The van der Waals surface area contributed by atoms with E-state index < -0.39 is 5.91 Å². The fourth-order valence-corrected chi connectivity index (χ4v) is 3.07. The minimum atomic E-state index is -0.431. The second-order valence-corrected chi connectivity index (χ2v) is 6.34. The van der Waals surface area contributed by atoms with Gasteiger partial charge in [0.05, 0.1) is 12.7 Å². The molecule has 7 heteroatoms. The molecule has 1 amide bonds. The Balaban J connectivity index is 2.01. The zero-order valence-corrected chi connectivity index (χ0v) is 13.8. The van der Waals surface area contributed by atoms with E-state index in [0.29, 0.717) is 10.9 Å². The van der Waals surface area contributed by atoms with Gasteiger partial charge in [0.15, 0.2) is 5.84 Å². The van der Waals surface area contributed by atoms with Gasteiger partial charge in [0.1, 0.15) is 10.8 Å². The summed E-state index contributed by atoms with van der Waals surface area (Å²) in [6, 6.07) is 7.33. The van der Waals surface area contributed by atoms with Crippen LogP contribution in [0.4, 0.5) is 0 Å². The predicted molar refractivity (Wildman–Crippen MR) is 92.8 cm³/mol. The van der Waals surface area contributed by atoms with Crippen LogP contribution in [-0.4, -0.2) is 34.1 Å². The molecule has 0 unspecified atom stereocenters. The van der Waals surface area contributed by atoms with Gasteiger partial charge in [-0.05, 0) is 23.9 Å². The van der Waals surface area contributed by atoms with Crippen LogP contribution in [0, 0.1) is 11.3 Å². The smallest absolute Gasteiger partial charge is 0.283 e. The third-order valence-corrected chi connectivity index (χ3v) is 4.61. The fourth-order valence-electron chi connectivity index (χ4n) is 2.18. The number of carbonyl (C=O) groups excluding carboxylic acids is 1. The van der Waals surface area contributed by atoms with E-state index in [-0.39, 0.29) is 17.3 Å². The minimum Gasteiger partial charge on any atom is -0.496 e. The molecular formula is C16H16N4O2S. The van der Waals surface area contributed by atoms with Crippen molar-refractivity contribution in [2.75, 3.05) is 7.11 Å². The second-order valence-electron chi connectivity index (χ2n) is 5.35. The number of ether oxygens (including phenoxy) is 1. The van der Waals surface area contributed by atoms with Crippen molar-refractivity contribution in [1.29, 1.82) is 5.41 Å². The molecule has 2 aliphatic rings. The summed E-state index contributed by atoms with van der Waals surface area (Å²) in [4.78, 5) is 16.4. The predicted octanol–water partition coefficient (Wildman–Crippen LogP) is 2.97. The van der Waals surface area contributed by atoms with E-state index in [1.54, 1.807) is 19.3 Å². The number of hydrogen-bond donors (Lipinski definition) is 1. The van der Waals surface area contributed by atoms with E-state index in [1.807, 2.05) is 32.0 Å². The number of benzene rings is 1. The molecule has 0 saturated carbocycles. The molecule has 1 aromatic rings. The van der Waals surface area contributed by atoms with Crippen molar-refractivity contribution in [3.8, 4) is 5.75 Å². The van der Waals surface area contributed by atoms with Gasteiger partial charge in [-0.3, -0.25) is 10.2 Å². The van der Waals surface area contributed by atoms with Crippen molar-refractivity contribution < 1.29 is 9.53 Å². The fraction of sp³-hybridized carbons (Fsp3) is 0.250. The SMILES string of the molecule is COc1ccccc1/C=C1/C(=N)N2N=C(C(C)C)SC2=NC1=O. The minimum absolute atomic E-state index is 0.0362. The molecule has 0 aliphatic carbocycles. The number of rotatable bonds is 3. The highest BCUT2D eigenvalue weighted by molar-refractivity contribution is 8.27. The molecule has 0 radical (unpaired) electrons. The molecule has 6 nitrogen and oxygen atoms in total. The number of amidine groups is 2. The van der Waals surface area contributed by atoms with Crippen LogP contribution in [0.5, 0.6) is 5.75 Å². The molecule has 23 heavy (non-hydrogen) atoms. The van der Waals surface area contributed by atoms with E-state index in [1.165, 1.54) is 16.8 Å². The van der Waals surface area contributed by atoms with Crippen molar-refractivity contribution >= 4 is 39.8 Å². The van der Waals surface area contributed by atoms with Crippen LogP contribution in [0.2, 0.25) is 0 Å². The number of methoxy groups -OCH3 is 1. The maximum Gasteiger partial charge on any atom is 0.283 e. The number of fused-ring (bicyclic) bond motifs is 1. The van der Waals surface area contributed by atoms with E-state index in [9.17, 15) is 4.79 Å². The van der Waals surface area contributed by atoms with Gasteiger partial charge in [-0.15, -0.1) is 0 Å². The van der Waals surface area contributed by atoms with Crippen LogP contribution in [0.25, 0.3) is 6.08 Å². The third-order valence-electron chi connectivity index (χ3n) is 3.40. The quantitative estimate of drug-likeness (QED) is 0.865. The summed E-state index contributed by atoms with van der Waals surface area (Å²) in [5.74, 6) is 0.462. The standard InChI is InChI=1S/C16H16N4O2S/c1-9(2)15-19-20-13(17)11(14(21)18-16(20)23-15)8-10-6-4-5-7-12(10)22-3/h4-9,17H,1-3H3/b11-8-,17-13?. The Kier molecular flexibility index (Phi) is 4.04. The summed E-state index contributed by atoms with van der Waals surface area (Å²) in [6.45, 7) is 4.03. The molecule has 2 aliphatic heterocycles. The molecule has 3 rings (SSSR count). The molecule has 0 saturated heterocycles. The van der Waals surface area contributed by atoms with Crippen molar-refractivity contribution in [1.82, 2.24) is 5.01 Å². The summed E-state index contributed by atoms with van der Waals surface area (Å²) in [5.41, 5.74) is 0.925. The van der Waals surface area contributed by atoms with Crippen LogP contribution in [-0.2, 0) is 4.79 Å². The molecule has 0 fully saturated rings. The molecule has 0 atom stereocenters. The van der Waals surface area contributed by atoms with Crippen LogP contribution in [0.3, 0.4) is 0 Å². The lowest BCUT2D eigenvalue weighted by atomic mass is 10.1. The normalized spacial score (nSPS) is 19.1. The van der Waals surface area contributed by atoms with Crippen LogP contribution in [0.15, 0.2) is 39.9 Å². The zero-order valence-electron chi connectivity index (χ0n) is 13.0. The van der Waals surface area contributed by atoms with Gasteiger partial charge < -0.3 is 4.74 Å². The highest BCUT2D eigenvalue weighted by Crippen LogP contribution is 2.31. The Labute approximate surface area is 138 Å². The van der Waals surface area contributed by atoms with Gasteiger partial charge in [-0.2, -0.15) is 15.1 Å². The first kappa shape index (κ1) is 15.5. The highest BCUT2D eigenvalue weighted by atomic mass is 32.2. The Morgan fingerprint density at radius 3 is 2.78 bits per heavy atom. The number of thioether (sulfide) groups is 1. The maximum absolute atomic E-state index is 12.3. The number of para-hydroxylation sites is 1. The number of hydrazone groups is 1. The first-order chi connectivity index (χ1) is 11.0. The van der Waals surface area contributed by atoms with Crippen molar-refractivity contribution in [2.45, 2.75) is 13.8 Å². The van der Waals surface area contributed by atoms with Crippen molar-refractivity contribution in [3.63, 3.8) is 0 Å². The lowest BCUT2D eigenvalue weighted by Gasteiger charge is -2.20.